The lowest BCUT2D eigenvalue weighted by atomic mass is 10.2. The Bertz CT molecular complexity index is 830. The number of ether oxygens (including phenoxy) is 1. The number of aromatic nitrogens is 3. The van der Waals surface area contributed by atoms with Gasteiger partial charge < -0.3 is 14.9 Å². The molecule has 23 heavy (non-hydrogen) atoms. The van der Waals surface area contributed by atoms with Crippen molar-refractivity contribution in [1.29, 1.82) is 0 Å². The topological polar surface area (TPSA) is 83.1 Å². The molecule has 0 spiro atoms. The molecule has 1 aromatic carbocycles. The molecule has 0 atom stereocenters. The lowest BCUT2D eigenvalue weighted by Crippen LogP contribution is -2.07. The van der Waals surface area contributed by atoms with E-state index in [-0.39, 0.29) is 12.5 Å². The molecule has 0 aliphatic rings. The Balaban J connectivity index is 1.88. The summed E-state index contributed by atoms with van der Waals surface area (Å²) in [7, 11) is 0. The van der Waals surface area contributed by atoms with Gasteiger partial charge in [0, 0.05) is 11.8 Å². The van der Waals surface area contributed by atoms with Crippen LogP contribution in [0, 0.1) is 17.0 Å². The molecule has 0 unspecified atom stereocenters. The quantitative estimate of drug-likeness (QED) is 0.533. The maximum absolute atomic E-state index is 10.9. The summed E-state index contributed by atoms with van der Waals surface area (Å²) in [6.07, 6.45) is 4.59. The monoisotopic (exact) mass is 310 g/mol. The lowest BCUT2D eigenvalue weighted by molar-refractivity contribution is -0.396. The first-order chi connectivity index (χ1) is 11.1. The summed E-state index contributed by atoms with van der Waals surface area (Å²) >= 11 is 0. The normalized spacial score (nSPS) is 10.5. The molecule has 3 aromatic rings. The van der Waals surface area contributed by atoms with Crippen molar-refractivity contribution in [2.75, 3.05) is 0 Å². The van der Waals surface area contributed by atoms with Crippen molar-refractivity contribution in [3.63, 3.8) is 0 Å². The lowest BCUT2D eigenvalue weighted by Gasteiger charge is -2.11. The largest absolute Gasteiger partial charge is 0.457 e. The van der Waals surface area contributed by atoms with E-state index in [1.807, 2.05) is 37.3 Å². The maximum Gasteiger partial charge on any atom is 0.434 e. The third kappa shape index (κ3) is 3.18. The number of imidazole rings is 1. The van der Waals surface area contributed by atoms with Gasteiger partial charge in [-0.3, -0.25) is 4.98 Å². The SMILES string of the molecule is Cc1c(Oc2ccccc2)ccnc1Cn1ccnc1[N+](=O)[O-]. The van der Waals surface area contributed by atoms with Crippen LogP contribution in [-0.4, -0.2) is 19.5 Å². The summed E-state index contributed by atoms with van der Waals surface area (Å²) in [6, 6.07) is 11.2. The number of para-hydroxylation sites is 1. The van der Waals surface area contributed by atoms with Crippen molar-refractivity contribution in [2.45, 2.75) is 13.5 Å². The zero-order valence-electron chi connectivity index (χ0n) is 12.4. The molecule has 0 fully saturated rings. The van der Waals surface area contributed by atoms with Crippen molar-refractivity contribution in [3.8, 4) is 11.5 Å². The Morgan fingerprint density at radius 2 is 1.96 bits per heavy atom. The van der Waals surface area contributed by atoms with Crippen LogP contribution in [0.15, 0.2) is 55.0 Å². The van der Waals surface area contributed by atoms with Gasteiger partial charge in [0.25, 0.3) is 0 Å². The van der Waals surface area contributed by atoms with E-state index in [0.717, 1.165) is 11.3 Å². The highest BCUT2D eigenvalue weighted by Gasteiger charge is 2.17. The fourth-order valence-corrected chi connectivity index (χ4v) is 2.20. The van der Waals surface area contributed by atoms with Gasteiger partial charge in [-0.1, -0.05) is 23.2 Å². The van der Waals surface area contributed by atoms with Crippen LogP contribution in [0.3, 0.4) is 0 Å². The smallest absolute Gasteiger partial charge is 0.434 e. The fraction of sp³-hybridized carbons (Fsp3) is 0.125. The molecule has 7 heteroatoms. The molecule has 0 saturated heterocycles. The van der Waals surface area contributed by atoms with Crippen LogP contribution in [0.2, 0.25) is 0 Å². The molecule has 0 N–H and O–H groups in total. The Kier molecular flexibility index (Phi) is 4.01. The van der Waals surface area contributed by atoms with Gasteiger partial charge in [0.2, 0.25) is 0 Å². The number of pyridine rings is 1. The number of hydrogen-bond donors (Lipinski definition) is 0. The summed E-state index contributed by atoms with van der Waals surface area (Å²) in [6.45, 7) is 2.14. The predicted octanol–water partition coefficient (Wildman–Crippen LogP) is 3.34. The van der Waals surface area contributed by atoms with E-state index in [2.05, 4.69) is 9.97 Å². The van der Waals surface area contributed by atoms with E-state index >= 15 is 0 Å². The van der Waals surface area contributed by atoms with Crippen molar-refractivity contribution >= 4 is 5.95 Å². The predicted molar refractivity (Wildman–Crippen MR) is 83.5 cm³/mol. The molecule has 0 bridgehead atoms. The summed E-state index contributed by atoms with van der Waals surface area (Å²) in [5, 5.41) is 10.9. The average molecular weight is 310 g/mol. The van der Waals surface area contributed by atoms with Gasteiger partial charge in [-0.25, -0.2) is 4.57 Å². The minimum Gasteiger partial charge on any atom is -0.457 e. The number of hydrogen-bond acceptors (Lipinski definition) is 5. The van der Waals surface area contributed by atoms with Crippen molar-refractivity contribution < 1.29 is 9.66 Å². The van der Waals surface area contributed by atoms with E-state index in [9.17, 15) is 10.1 Å². The van der Waals surface area contributed by atoms with Crippen LogP contribution in [0.5, 0.6) is 11.5 Å². The number of nitro groups is 1. The number of benzene rings is 1. The molecule has 0 saturated carbocycles. The fourth-order valence-electron chi connectivity index (χ4n) is 2.20. The molecule has 2 heterocycles. The van der Waals surface area contributed by atoms with Crippen LogP contribution < -0.4 is 4.74 Å². The minimum atomic E-state index is -0.514. The Morgan fingerprint density at radius 1 is 1.17 bits per heavy atom. The molecule has 3 rings (SSSR count). The summed E-state index contributed by atoms with van der Waals surface area (Å²) in [5.74, 6) is 1.19. The number of rotatable bonds is 5. The van der Waals surface area contributed by atoms with Gasteiger partial charge in [0.05, 0.1) is 5.69 Å². The van der Waals surface area contributed by atoms with Crippen molar-refractivity contribution in [3.05, 3.63) is 76.4 Å². The first-order valence-corrected chi connectivity index (χ1v) is 6.98. The standard InChI is InChI=1S/C16H14N4O3/c1-12-14(11-19-10-9-18-16(19)20(21)22)17-8-7-15(12)23-13-5-3-2-4-6-13/h2-10H,11H2,1H3. The van der Waals surface area contributed by atoms with Crippen LogP contribution in [0.25, 0.3) is 0 Å². The summed E-state index contributed by atoms with van der Waals surface area (Å²) in [5.41, 5.74) is 1.53. The zero-order chi connectivity index (χ0) is 16.2. The minimum absolute atomic E-state index is 0.208. The number of nitrogens with zero attached hydrogens (tertiary/aromatic N) is 4. The van der Waals surface area contributed by atoms with Gasteiger partial charge in [0.1, 0.15) is 30.4 Å². The average Bonchev–Trinajstić information content (AvgIpc) is 3.01. The Hall–Kier alpha value is -3.22. The highest BCUT2D eigenvalue weighted by Crippen LogP contribution is 2.26. The molecule has 7 nitrogen and oxygen atoms in total. The third-order valence-electron chi connectivity index (χ3n) is 3.41. The highest BCUT2D eigenvalue weighted by molar-refractivity contribution is 5.38. The van der Waals surface area contributed by atoms with E-state index in [4.69, 9.17) is 4.74 Å². The molecule has 0 radical (unpaired) electrons. The molecule has 0 amide bonds. The summed E-state index contributed by atoms with van der Waals surface area (Å²) in [4.78, 5) is 18.5. The maximum atomic E-state index is 10.9. The van der Waals surface area contributed by atoms with Gasteiger partial charge in [-0.15, -0.1) is 0 Å². The molecule has 0 aliphatic heterocycles. The van der Waals surface area contributed by atoms with E-state index in [1.54, 1.807) is 18.5 Å². The highest BCUT2D eigenvalue weighted by atomic mass is 16.6. The molecule has 0 aliphatic carbocycles. The van der Waals surface area contributed by atoms with E-state index in [0.29, 0.717) is 11.4 Å². The first-order valence-electron chi connectivity index (χ1n) is 6.98. The van der Waals surface area contributed by atoms with Crippen LogP contribution >= 0.6 is 0 Å². The van der Waals surface area contributed by atoms with Crippen molar-refractivity contribution in [2.24, 2.45) is 0 Å². The molecular formula is C16H14N4O3. The Labute approximate surface area is 132 Å². The van der Waals surface area contributed by atoms with Crippen LogP contribution in [0.1, 0.15) is 11.3 Å². The van der Waals surface area contributed by atoms with Gasteiger partial charge in [-0.2, -0.15) is 0 Å². The zero-order valence-corrected chi connectivity index (χ0v) is 12.4. The van der Waals surface area contributed by atoms with Crippen molar-refractivity contribution in [1.82, 2.24) is 14.5 Å². The molecular weight excluding hydrogens is 296 g/mol. The van der Waals surface area contributed by atoms with Crippen LogP contribution in [-0.2, 0) is 6.54 Å². The van der Waals surface area contributed by atoms with E-state index < -0.39 is 4.92 Å². The van der Waals surface area contributed by atoms with Gasteiger partial charge in [-0.05, 0) is 30.0 Å². The second-order valence-electron chi connectivity index (χ2n) is 4.91. The third-order valence-corrected chi connectivity index (χ3v) is 3.41. The van der Waals surface area contributed by atoms with Crippen LogP contribution in [0.4, 0.5) is 5.95 Å². The van der Waals surface area contributed by atoms with E-state index in [1.165, 1.54) is 10.8 Å². The molecule has 116 valence electrons. The Morgan fingerprint density at radius 3 is 2.70 bits per heavy atom. The van der Waals surface area contributed by atoms with Gasteiger partial charge in [0.15, 0.2) is 0 Å². The first kappa shape index (κ1) is 14.7. The van der Waals surface area contributed by atoms with Gasteiger partial charge >= 0.3 is 5.95 Å². The second-order valence-corrected chi connectivity index (χ2v) is 4.91. The molecule has 2 aromatic heterocycles. The summed E-state index contributed by atoms with van der Waals surface area (Å²) < 4.78 is 7.29. The second kappa shape index (κ2) is 6.27.